The highest BCUT2D eigenvalue weighted by Crippen LogP contribution is 2.00. The summed E-state index contributed by atoms with van der Waals surface area (Å²) in [6, 6.07) is 7.96. The summed E-state index contributed by atoms with van der Waals surface area (Å²) in [5.41, 5.74) is 11.7. The van der Waals surface area contributed by atoms with Crippen LogP contribution in [0.1, 0.15) is 32.3 Å². The Hall–Kier alpha value is -3.63. The van der Waals surface area contributed by atoms with Gasteiger partial charge in [-0.3, -0.25) is 24.2 Å². The van der Waals surface area contributed by atoms with E-state index in [2.05, 4.69) is 26.3 Å². The molecule has 0 aromatic heterocycles. The molecular formula is C21H33N7O4. The van der Waals surface area contributed by atoms with Crippen LogP contribution in [0.15, 0.2) is 35.3 Å². The fraction of sp³-hybridized carbons (Fsp3) is 0.476. The van der Waals surface area contributed by atoms with E-state index in [1.54, 1.807) is 0 Å². The Bertz CT molecular complexity index is 795. The summed E-state index contributed by atoms with van der Waals surface area (Å²) in [5.74, 6) is -1.81. The maximum absolute atomic E-state index is 12.6. The van der Waals surface area contributed by atoms with Crippen LogP contribution < -0.4 is 32.7 Å². The molecule has 0 saturated heterocycles. The number of carbonyl (C=O) groups excluding carboxylic acids is 4. The normalized spacial score (nSPS) is 12.1. The first-order valence-corrected chi connectivity index (χ1v) is 10.4. The SMILES string of the molecule is CC(=O)N[C@@H](C)C(=O)N[C@@H](CCCN=C(N)N)C(=O)NCC(=O)NCCc1ccccc1. The molecule has 1 aromatic carbocycles. The van der Waals surface area contributed by atoms with E-state index < -0.39 is 23.9 Å². The number of amides is 4. The number of hydrogen-bond acceptors (Lipinski definition) is 5. The number of nitrogens with two attached hydrogens (primary N) is 2. The molecule has 0 heterocycles. The van der Waals surface area contributed by atoms with Crippen molar-refractivity contribution in [2.75, 3.05) is 19.6 Å². The minimum Gasteiger partial charge on any atom is -0.370 e. The Morgan fingerprint density at radius 2 is 1.69 bits per heavy atom. The first-order valence-electron chi connectivity index (χ1n) is 10.4. The van der Waals surface area contributed by atoms with Gasteiger partial charge in [-0.05, 0) is 31.7 Å². The van der Waals surface area contributed by atoms with Crippen LogP contribution in [-0.2, 0) is 25.6 Å². The average Bonchev–Trinajstić information content (AvgIpc) is 2.74. The zero-order valence-corrected chi connectivity index (χ0v) is 18.5. The number of guanidine groups is 1. The van der Waals surface area contributed by atoms with Gasteiger partial charge in [0.15, 0.2) is 5.96 Å². The average molecular weight is 448 g/mol. The van der Waals surface area contributed by atoms with E-state index in [1.807, 2.05) is 30.3 Å². The molecule has 2 atom stereocenters. The second kappa shape index (κ2) is 14.4. The van der Waals surface area contributed by atoms with E-state index in [0.29, 0.717) is 19.4 Å². The fourth-order valence-electron chi connectivity index (χ4n) is 2.78. The molecule has 176 valence electrons. The minimum atomic E-state index is -0.912. The van der Waals surface area contributed by atoms with Gasteiger partial charge >= 0.3 is 0 Å². The van der Waals surface area contributed by atoms with Gasteiger partial charge in [-0.15, -0.1) is 0 Å². The van der Waals surface area contributed by atoms with E-state index >= 15 is 0 Å². The van der Waals surface area contributed by atoms with Crippen LogP contribution >= 0.6 is 0 Å². The first kappa shape index (κ1) is 26.4. The lowest BCUT2D eigenvalue weighted by Crippen LogP contribution is -2.53. The molecule has 8 N–H and O–H groups in total. The number of hydrogen-bond donors (Lipinski definition) is 6. The predicted octanol–water partition coefficient (Wildman–Crippen LogP) is -1.48. The molecule has 0 saturated carbocycles. The zero-order valence-electron chi connectivity index (χ0n) is 18.5. The molecule has 1 aromatic rings. The van der Waals surface area contributed by atoms with Gasteiger partial charge in [0.2, 0.25) is 23.6 Å². The summed E-state index contributed by atoms with van der Waals surface area (Å²) >= 11 is 0. The van der Waals surface area contributed by atoms with Gasteiger partial charge in [0.25, 0.3) is 0 Å². The van der Waals surface area contributed by atoms with Gasteiger partial charge in [0, 0.05) is 20.0 Å². The van der Waals surface area contributed by atoms with E-state index in [0.717, 1.165) is 5.56 Å². The van der Waals surface area contributed by atoms with Gasteiger partial charge in [0.1, 0.15) is 12.1 Å². The molecule has 0 spiro atoms. The first-order chi connectivity index (χ1) is 15.2. The molecule has 0 aliphatic rings. The van der Waals surface area contributed by atoms with E-state index in [9.17, 15) is 19.2 Å². The molecule has 0 fully saturated rings. The summed E-state index contributed by atoms with van der Waals surface area (Å²) in [6.45, 7) is 3.29. The van der Waals surface area contributed by atoms with E-state index in [4.69, 9.17) is 11.5 Å². The second-order valence-corrected chi connectivity index (χ2v) is 7.24. The molecule has 4 amide bonds. The van der Waals surface area contributed by atoms with Gasteiger partial charge in [0.05, 0.1) is 6.54 Å². The largest absolute Gasteiger partial charge is 0.370 e. The number of nitrogens with zero attached hydrogens (tertiary/aromatic N) is 1. The lowest BCUT2D eigenvalue weighted by molar-refractivity contribution is -0.132. The molecule has 0 aliphatic carbocycles. The van der Waals surface area contributed by atoms with Gasteiger partial charge < -0.3 is 32.7 Å². The quantitative estimate of drug-likeness (QED) is 0.122. The summed E-state index contributed by atoms with van der Waals surface area (Å²) < 4.78 is 0. The monoisotopic (exact) mass is 447 g/mol. The number of nitrogens with one attached hydrogen (secondary N) is 4. The van der Waals surface area contributed by atoms with Crippen LogP contribution in [0, 0.1) is 0 Å². The van der Waals surface area contributed by atoms with Crippen molar-refractivity contribution < 1.29 is 19.2 Å². The van der Waals surface area contributed by atoms with Crippen molar-refractivity contribution in [3.63, 3.8) is 0 Å². The third-order valence-electron chi connectivity index (χ3n) is 4.39. The van der Waals surface area contributed by atoms with Crippen LogP contribution in [0.3, 0.4) is 0 Å². The molecule has 0 radical (unpaired) electrons. The lowest BCUT2D eigenvalue weighted by Gasteiger charge is -2.21. The number of carbonyl (C=O) groups is 4. The molecular weight excluding hydrogens is 414 g/mol. The summed E-state index contributed by atoms with van der Waals surface area (Å²) in [6.07, 6.45) is 1.34. The highest BCUT2D eigenvalue weighted by atomic mass is 16.2. The molecule has 11 heteroatoms. The fourth-order valence-corrected chi connectivity index (χ4v) is 2.78. The number of aliphatic imine (C=N–C) groups is 1. The molecule has 0 unspecified atom stereocenters. The van der Waals surface area contributed by atoms with Crippen molar-refractivity contribution in [2.24, 2.45) is 16.5 Å². The highest BCUT2D eigenvalue weighted by Gasteiger charge is 2.23. The van der Waals surface area contributed by atoms with E-state index in [-0.39, 0.29) is 37.3 Å². The van der Waals surface area contributed by atoms with Crippen LogP contribution in [-0.4, -0.2) is 61.3 Å². The van der Waals surface area contributed by atoms with Crippen LogP contribution in [0.2, 0.25) is 0 Å². The smallest absolute Gasteiger partial charge is 0.243 e. The van der Waals surface area contributed by atoms with Crippen LogP contribution in [0.5, 0.6) is 0 Å². The Kier molecular flexibility index (Phi) is 11.9. The second-order valence-electron chi connectivity index (χ2n) is 7.24. The van der Waals surface area contributed by atoms with E-state index in [1.165, 1.54) is 13.8 Å². The number of benzene rings is 1. The molecule has 0 aliphatic heterocycles. The Morgan fingerprint density at radius 3 is 2.31 bits per heavy atom. The molecule has 1 rings (SSSR count). The summed E-state index contributed by atoms with van der Waals surface area (Å²) in [4.78, 5) is 51.9. The van der Waals surface area contributed by atoms with Crippen molar-refractivity contribution >= 4 is 29.6 Å². The highest BCUT2D eigenvalue weighted by molar-refractivity contribution is 5.93. The van der Waals surface area contributed by atoms with Crippen molar-refractivity contribution in [1.82, 2.24) is 21.3 Å². The Balaban J connectivity index is 2.54. The Morgan fingerprint density at radius 1 is 1.00 bits per heavy atom. The zero-order chi connectivity index (χ0) is 23.9. The summed E-state index contributed by atoms with van der Waals surface area (Å²) in [7, 11) is 0. The predicted molar refractivity (Wildman–Crippen MR) is 121 cm³/mol. The molecule has 11 nitrogen and oxygen atoms in total. The standard InChI is InChI=1S/C21H33N7O4/c1-14(27-15(2)29)19(31)28-17(9-6-11-25-21(22)23)20(32)26-13-18(30)24-12-10-16-7-4-3-5-8-16/h3-5,7-8,14,17H,6,9-13H2,1-2H3,(H,24,30)(H,26,32)(H,27,29)(H,28,31)(H4,22,23,25)/t14-,17-/m0/s1. The van der Waals surface area contributed by atoms with Gasteiger partial charge in [-0.2, -0.15) is 0 Å². The van der Waals surface area contributed by atoms with Gasteiger partial charge in [-0.25, -0.2) is 0 Å². The van der Waals surface area contributed by atoms with Crippen molar-refractivity contribution in [1.29, 1.82) is 0 Å². The van der Waals surface area contributed by atoms with Crippen molar-refractivity contribution in [2.45, 2.75) is 45.2 Å². The number of rotatable bonds is 13. The van der Waals surface area contributed by atoms with Crippen LogP contribution in [0.25, 0.3) is 0 Å². The van der Waals surface area contributed by atoms with Gasteiger partial charge in [-0.1, -0.05) is 30.3 Å². The minimum absolute atomic E-state index is 0.0681. The Labute approximate surface area is 187 Å². The molecule has 32 heavy (non-hydrogen) atoms. The molecule has 0 bridgehead atoms. The third kappa shape index (κ3) is 11.5. The maximum atomic E-state index is 12.6. The van der Waals surface area contributed by atoms with Crippen molar-refractivity contribution in [3.8, 4) is 0 Å². The maximum Gasteiger partial charge on any atom is 0.243 e. The lowest BCUT2D eigenvalue weighted by atomic mass is 10.1. The summed E-state index contributed by atoms with van der Waals surface area (Å²) in [5, 5.41) is 10.3. The van der Waals surface area contributed by atoms with Crippen LogP contribution in [0.4, 0.5) is 0 Å². The third-order valence-corrected chi connectivity index (χ3v) is 4.39. The van der Waals surface area contributed by atoms with Crippen molar-refractivity contribution in [3.05, 3.63) is 35.9 Å². The topological polar surface area (TPSA) is 181 Å².